The van der Waals surface area contributed by atoms with Crippen molar-refractivity contribution in [3.8, 4) is 11.5 Å². The van der Waals surface area contributed by atoms with Crippen molar-refractivity contribution in [2.75, 3.05) is 20.3 Å². The Labute approximate surface area is 165 Å². The quantitative estimate of drug-likeness (QED) is 0.529. The number of nitrogens with one attached hydrogen (secondary N) is 1. The molecule has 6 heteroatoms. The average molecular weight is 385 g/mol. The van der Waals surface area contributed by atoms with Crippen molar-refractivity contribution in [2.45, 2.75) is 26.8 Å². The molecule has 28 heavy (non-hydrogen) atoms. The van der Waals surface area contributed by atoms with Crippen LogP contribution in [0.25, 0.3) is 0 Å². The van der Waals surface area contributed by atoms with E-state index in [9.17, 15) is 9.59 Å². The number of amides is 1. The van der Waals surface area contributed by atoms with Gasteiger partial charge >= 0.3 is 5.97 Å². The van der Waals surface area contributed by atoms with Gasteiger partial charge in [-0.2, -0.15) is 0 Å². The van der Waals surface area contributed by atoms with E-state index in [4.69, 9.17) is 14.2 Å². The molecule has 1 amide bonds. The number of carbonyl (C=O) groups is 2. The zero-order valence-corrected chi connectivity index (χ0v) is 16.7. The lowest BCUT2D eigenvalue weighted by molar-refractivity contribution is -0.147. The lowest BCUT2D eigenvalue weighted by Gasteiger charge is -2.21. The normalized spacial score (nSPS) is 11.6. The van der Waals surface area contributed by atoms with Crippen molar-refractivity contribution in [3.05, 3.63) is 59.7 Å². The molecule has 0 radical (unpaired) electrons. The Hall–Kier alpha value is -3.02. The molecule has 0 spiro atoms. The molecule has 1 N–H and O–H groups in total. The van der Waals surface area contributed by atoms with Crippen LogP contribution in [0, 0.1) is 12.8 Å². The summed E-state index contributed by atoms with van der Waals surface area (Å²) in [6, 6.07) is 13.7. The van der Waals surface area contributed by atoms with Crippen molar-refractivity contribution >= 4 is 11.9 Å². The third kappa shape index (κ3) is 6.01. The molecule has 0 aliphatic rings. The van der Waals surface area contributed by atoms with E-state index >= 15 is 0 Å². The van der Waals surface area contributed by atoms with Crippen molar-refractivity contribution in [2.24, 2.45) is 5.92 Å². The molecule has 2 aromatic carbocycles. The lowest BCUT2D eigenvalue weighted by atomic mass is 10.0. The number of hydrogen-bond acceptors (Lipinski definition) is 5. The van der Waals surface area contributed by atoms with Crippen molar-refractivity contribution in [3.63, 3.8) is 0 Å². The first-order valence-electron chi connectivity index (χ1n) is 9.22. The minimum Gasteiger partial charge on any atom is -0.496 e. The van der Waals surface area contributed by atoms with Crippen LogP contribution in [0.5, 0.6) is 11.5 Å². The largest absolute Gasteiger partial charge is 0.496 e. The van der Waals surface area contributed by atoms with Crippen LogP contribution in [-0.4, -0.2) is 38.2 Å². The number of rotatable bonds is 9. The highest BCUT2D eigenvalue weighted by molar-refractivity contribution is 5.99. The average Bonchev–Trinajstić information content (AvgIpc) is 2.70. The van der Waals surface area contributed by atoms with Crippen LogP contribution in [0.2, 0.25) is 0 Å². The summed E-state index contributed by atoms with van der Waals surface area (Å²) in [4.78, 5) is 25.0. The van der Waals surface area contributed by atoms with E-state index < -0.39 is 12.0 Å². The van der Waals surface area contributed by atoms with Crippen LogP contribution in [-0.2, 0) is 9.53 Å². The number of ether oxygens (including phenoxy) is 3. The van der Waals surface area contributed by atoms with Gasteiger partial charge < -0.3 is 19.5 Å². The summed E-state index contributed by atoms with van der Waals surface area (Å²) in [6.07, 6.45) is 0. The van der Waals surface area contributed by atoms with Gasteiger partial charge in [-0.3, -0.25) is 4.79 Å². The van der Waals surface area contributed by atoms with Crippen LogP contribution < -0.4 is 14.8 Å². The monoisotopic (exact) mass is 385 g/mol. The number of esters is 1. The summed E-state index contributed by atoms with van der Waals surface area (Å²) < 4.78 is 16.0. The molecular formula is C22H27NO5. The number of hydrogen-bond donors (Lipinski definition) is 1. The third-order valence-electron chi connectivity index (χ3n) is 4.18. The number of aryl methyl sites for hydroxylation is 1. The van der Waals surface area contributed by atoms with E-state index in [-0.39, 0.29) is 25.0 Å². The Balaban J connectivity index is 1.89. The van der Waals surface area contributed by atoms with Crippen LogP contribution in [0.4, 0.5) is 0 Å². The molecule has 0 bridgehead atoms. The van der Waals surface area contributed by atoms with Gasteiger partial charge in [0.2, 0.25) is 0 Å². The van der Waals surface area contributed by atoms with E-state index in [0.717, 1.165) is 5.56 Å². The second-order valence-electron chi connectivity index (χ2n) is 6.72. The third-order valence-corrected chi connectivity index (χ3v) is 4.18. The highest BCUT2D eigenvalue weighted by Gasteiger charge is 2.27. The zero-order valence-electron chi connectivity index (χ0n) is 16.7. The predicted octanol–water partition coefficient (Wildman–Crippen LogP) is 3.38. The van der Waals surface area contributed by atoms with E-state index in [1.807, 2.05) is 45.0 Å². The molecule has 0 saturated heterocycles. The highest BCUT2D eigenvalue weighted by Crippen LogP contribution is 2.18. The lowest BCUT2D eigenvalue weighted by Crippen LogP contribution is -2.45. The first-order chi connectivity index (χ1) is 13.4. The summed E-state index contributed by atoms with van der Waals surface area (Å²) in [5, 5.41) is 2.74. The topological polar surface area (TPSA) is 73.9 Å². The summed E-state index contributed by atoms with van der Waals surface area (Å²) in [7, 11) is 1.49. The predicted molar refractivity (Wildman–Crippen MR) is 107 cm³/mol. The molecule has 6 nitrogen and oxygen atoms in total. The molecule has 2 rings (SSSR count). The van der Waals surface area contributed by atoms with Gasteiger partial charge in [-0.1, -0.05) is 43.7 Å². The molecule has 150 valence electrons. The van der Waals surface area contributed by atoms with Crippen LogP contribution in [0.3, 0.4) is 0 Å². The van der Waals surface area contributed by atoms with E-state index in [2.05, 4.69) is 5.32 Å². The molecule has 2 aromatic rings. The molecule has 0 aliphatic carbocycles. The molecule has 0 saturated carbocycles. The van der Waals surface area contributed by atoms with Gasteiger partial charge in [0, 0.05) is 0 Å². The van der Waals surface area contributed by atoms with Gasteiger partial charge in [-0.25, -0.2) is 4.79 Å². The Morgan fingerprint density at radius 2 is 1.68 bits per heavy atom. The summed E-state index contributed by atoms with van der Waals surface area (Å²) in [5.74, 6) is 0.146. The van der Waals surface area contributed by atoms with Crippen LogP contribution in [0.1, 0.15) is 29.8 Å². The van der Waals surface area contributed by atoms with Gasteiger partial charge in [0.25, 0.3) is 5.91 Å². The Bertz CT molecular complexity index is 786. The molecular weight excluding hydrogens is 358 g/mol. The van der Waals surface area contributed by atoms with E-state index in [0.29, 0.717) is 17.1 Å². The number of benzene rings is 2. The number of carbonyl (C=O) groups excluding carboxylic acids is 2. The Morgan fingerprint density at radius 1 is 1.00 bits per heavy atom. The molecule has 0 aliphatic heterocycles. The first-order valence-corrected chi connectivity index (χ1v) is 9.22. The molecule has 0 unspecified atom stereocenters. The smallest absolute Gasteiger partial charge is 0.329 e. The molecule has 1 atom stereocenters. The fourth-order valence-corrected chi connectivity index (χ4v) is 2.58. The minimum absolute atomic E-state index is 0.0977. The molecule has 0 fully saturated rings. The minimum atomic E-state index is -0.767. The number of para-hydroxylation sites is 1. The van der Waals surface area contributed by atoms with Crippen molar-refractivity contribution in [1.29, 1.82) is 0 Å². The van der Waals surface area contributed by atoms with Gasteiger partial charge in [0.15, 0.2) is 0 Å². The summed E-state index contributed by atoms with van der Waals surface area (Å²) in [6.45, 7) is 6.02. The van der Waals surface area contributed by atoms with Crippen LogP contribution in [0.15, 0.2) is 48.5 Å². The summed E-state index contributed by atoms with van der Waals surface area (Å²) in [5.41, 5.74) is 1.51. The maximum absolute atomic E-state index is 12.6. The second kappa shape index (κ2) is 10.3. The Kier molecular flexibility index (Phi) is 7.87. The maximum atomic E-state index is 12.6. The van der Waals surface area contributed by atoms with Gasteiger partial charge in [0.1, 0.15) is 30.8 Å². The van der Waals surface area contributed by atoms with Crippen molar-refractivity contribution in [1.82, 2.24) is 5.32 Å². The fourth-order valence-electron chi connectivity index (χ4n) is 2.58. The van der Waals surface area contributed by atoms with Gasteiger partial charge in [0.05, 0.1) is 12.7 Å². The second-order valence-corrected chi connectivity index (χ2v) is 6.72. The Morgan fingerprint density at radius 3 is 2.32 bits per heavy atom. The first kappa shape index (κ1) is 21.3. The maximum Gasteiger partial charge on any atom is 0.329 e. The van der Waals surface area contributed by atoms with E-state index in [1.54, 1.807) is 24.3 Å². The summed E-state index contributed by atoms with van der Waals surface area (Å²) >= 11 is 0. The van der Waals surface area contributed by atoms with E-state index in [1.165, 1.54) is 7.11 Å². The van der Waals surface area contributed by atoms with Gasteiger partial charge in [-0.15, -0.1) is 0 Å². The standard InChI is InChI=1S/C22H27NO5/c1-15(2)20(23-21(24)18-7-5-6-8-19(18)26-4)22(25)28-14-13-27-17-11-9-16(3)10-12-17/h5-12,15,20H,13-14H2,1-4H3,(H,23,24)/t20-/m0/s1. The molecule has 0 heterocycles. The highest BCUT2D eigenvalue weighted by atomic mass is 16.6. The molecule has 0 aromatic heterocycles. The number of methoxy groups -OCH3 is 1. The SMILES string of the molecule is COc1ccccc1C(=O)N[C@H](C(=O)OCCOc1ccc(C)cc1)C(C)C. The zero-order chi connectivity index (χ0) is 20.5. The van der Waals surface area contributed by atoms with Gasteiger partial charge in [-0.05, 0) is 37.1 Å². The van der Waals surface area contributed by atoms with Crippen molar-refractivity contribution < 1.29 is 23.8 Å². The van der Waals surface area contributed by atoms with Crippen LogP contribution >= 0.6 is 0 Å². The fraction of sp³-hybridized carbons (Fsp3) is 0.364.